The second-order valence-corrected chi connectivity index (χ2v) is 4.56. The van der Waals surface area contributed by atoms with Crippen LogP contribution in [0.25, 0.3) is 0 Å². The fraction of sp³-hybridized carbons (Fsp3) is 0.333. The molecule has 0 atom stereocenters. The molecule has 6 heteroatoms. The average molecular weight is 290 g/mol. The first-order chi connectivity index (χ1) is 10.0. The minimum atomic E-state index is -1.05. The second kappa shape index (κ2) is 6.30. The Morgan fingerprint density at radius 1 is 1.38 bits per heavy atom. The number of methoxy groups -OCH3 is 1. The third kappa shape index (κ3) is 3.34. The van der Waals surface area contributed by atoms with Crippen molar-refractivity contribution in [2.24, 2.45) is 7.05 Å². The van der Waals surface area contributed by atoms with Crippen molar-refractivity contribution in [3.63, 3.8) is 0 Å². The van der Waals surface area contributed by atoms with Crippen molar-refractivity contribution in [1.29, 1.82) is 0 Å². The van der Waals surface area contributed by atoms with Crippen LogP contribution in [0.4, 0.5) is 0 Å². The summed E-state index contributed by atoms with van der Waals surface area (Å²) in [4.78, 5) is 11.3. The smallest absolute Gasteiger partial charge is 0.339 e. The first-order valence-electron chi connectivity index (χ1n) is 6.61. The average Bonchev–Trinajstić information content (AvgIpc) is 2.85. The molecule has 0 saturated carbocycles. The Balaban J connectivity index is 2.19. The zero-order chi connectivity index (χ0) is 15.4. The summed E-state index contributed by atoms with van der Waals surface area (Å²) in [6.45, 7) is 2.29. The number of carbonyl (C=O) groups is 1. The van der Waals surface area contributed by atoms with Gasteiger partial charge in [0.2, 0.25) is 0 Å². The van der Waals surface area contributed by atoms with Gasteiger partial charge in [-0.3, -0.25) is 4.68 Å². The lowest BCUT2D eigenvalue weighted by molar-refractivity contribution is 0.0691. The summed E-state index contributed by atoms with van der Waals surface area (Å²) in [5.41, 5.74) is 1.94. The molecule has 1 heterocycles. The van der Waals surface area contributed by atoms with E-state index in [1.165, 1.54) is 13.2 Å². The molecule has 21 heavy (non-hydrogen) atoms. The van der Waals surface area contributed by atoms with Gasteiger partial charge in [0.15, 0.2) is 0 Å². The Morgan fingerprint density at radius 3 is 2.71 bits per heavy atom. The van der Waals surface area contributed by atoms with E-state index in [1.54, 1.807) is 16.8 Å². The highest BCUT2D eigenvalue weighted by Gasteiger charge is 2.14. The maximum atomic E-state index is 11.3. The molecule has 2 aromatic rings. The zero-order valence-electron chi connectivity index (χ0n) is 12.3. The highest BCUT2D eigenvalue weighted by atomic mass is 16.5. The van der Waals surface area contributed by atoms with Gasteiger partial charge in [-0.05, 0) is 30.7 Å². The van der Waals surface area contributed by atoms with Crippen LogP contribution < -0.4 is 9.47 Å². The predicted molar refractivity (Wildman–Crippen MR) is 76.9 cm³/mol. The standard InChI is InChI=1S/C15H18N2O4/c1-4-10-7-11(17(2)16-10)9-21-14-6-5-12(20-3)8-13(14)15(18)19/h5-8H,4,9H2,1-3H3,(H,18,19). The van der Waals surface area contributed by atoms with Crippen molar-refractivity contribution >= 4 is 5.97 Å². The summed E-state index contributed by atoms with van der Waals surface area (Å²) in [6, 6.07) is 6.66. The number of carboxylic acid groups (broad SMARTS) is 1. The van der Waals surface area contributed by atoms with Gasteiger partial charge in [0.05, 0.1) is 18.5 Å². The predicted octanol–water partition coefficient (Wildman–Crippen LogP) is 2.27. The van der Waals surface area contributed by atoms with Gasteiger partial charge >= 0.3 is 5.97 Å². The Kier molecular flexibility index (Phi) is 4.47. The van der Waals surface area contributed by atoms with Gasteiger partial charge in [0.1, 0.15) is 23.7 Å². The van der Waals surface area contributed by atoms with Gasteiger partial charge < -0.3 is 14.6 Å². The number of hydrogen-bond acceptors (Lipinski definition) is 4. The molecule has 1 N–H and O–H groups in total. The molecule has 0 spiro atoms. The quantitative estimate of drug-likeness (QED) is 0.883. The molecule has 1 aromatic carbocycles. The molecule has 0 unspecified atom stereocenters. The topological polar surface area (TPSA) is 73.6 Å². The van der Waals surface area contributed by atoms with E-state index in [9.17, 15) is 9.90 Å². The highest BCUT2D eigenvalue weighted by molar-refractivity contribution is 5.91. The molecular weight excluding hydrogens is 272 g/mol. The summed E-state index contributed by atoms with van der Waals surface area (Å²) in [7, 11) is 3.33. The van der Waals surface area contributed by atoms with Crippen molar-refractivity contribution in [3.05, 3.63) is 41.2 Å². The zero-order valence-corrected chi connectivity index (χ0v) is 12.3. The molecule has 0 fully saturated rings. The number of nitrogens with zero attached hydrogens (tertiary/aromatic N) is 2. The minimum absolute atomic E-state index is 0.0761. The number of ether oxygens (including phenoxy) is 2. The summed E-state index contributed by atoms with van der Waals surface area (Å²) >= 11 is 0. The van der Waals surface area contributed by atoms with E-state index in [1.807, 2.05) is 20.0 Å². The van der Waals surface area contributed by atoms with E-state index < -0.39 is 5.97 Å². The van der Waals surface area contributed by atoms with Crippen LogP contribution >= 0.6 is 0 Å². The molecule has 0 amide bonds. The summed E-state index contributed by atoms with van der Waals surface area (Å²) in [5, 5.41) is 13.6. The van der Waals surface area contributed by atoms with Crippen LogP contribution in [0, 0.1) is 0 Å². The fourth-order valence-electron chi connectivity index (χ4n) is 1.96. The van der Waals surface area contributed by atoms with Crippen LogP contribution in [0.1, 0.15) is 28.7 Å². The lowest BCUT2D eigenvalue weighted by Gasteiger charge is -2.10. The highest BCUT2D eigenvalue weighted by Crippen LogP contribution is 2.25. The molecular formula is C15H18N2O4. The van der Waals surface area contributed by atoms with Crippen LogP contribution in [-0.4, -0.2) is 28.0 Å². The maximum absolute atomic E-state index is 11.3. The van der Waals surface area contributed by atoms with E-state index in [4.69, 9.17) is 9.47 Å². The number of rotatable bonds is 6. The van der Waals surface area contributed by atoms with Crippen LogP contribution in [0.5, 0.6) is 11.5 Å². The molecule has 0 saturated heterocycles. The number of aryl methyl sites for hydroxylation is 2. The summed E-state index contributed by atoms with van der Waals surface area (Å²) in [5.74, 6) is -0.265. The molecule has 112 valence electrons. The lowest BCUT2D eigenvalue weighted by atomic mass is 10.2. The van der Waals surface area contributed by atoms with Crippen molar-refractivity contribution in [2.75, 3.05) is 7.11 Å². The van der Waals surface area contributed by atoms with E-state index in [2.05, 4.69) is 5.10 Å². The molecule has 0 aliphatic rings. The van der Waals surface area contributed by atoms with Crippen LogP contribution in [-0.2, 0) is 20.1 Å². The third-order valence-corrected chi connectivity index (χ3v) is 3.18. The van der Waals surface area contributed by atoms with Gasteiger partial charge in [0.25, 0.3) is 0 Å². The maximum Gasteiger partial charge on any atom is 0.339 e. The molecule has 0 radical (unpaired) electrons. The number of hydrogen-bond donors (Lipinski definition) is 1. The van der Waals surface area contributed by atoms with Crippen molar-refractivity contribution in [1.82, 2.24) is 9.78 Å². The normalized spacial score (nSPS) is 10.4. The number of carboxylic acids is 1. The Morgan fingerprint density at radius 2 is 2.14 bits per heavy atom. The van der Waals surface area contributed by atoms with Crippen molar-refractivity contribution < 1.29 is 19.4 Å². The van der Waals surface area contributed by atoms with Crippen LogP contribution in [0.3, 0.4) is 0 Å². The van der Waals surface area contributed by atoms with Crippen LogP contribution in [0.2, 0.25) is 0 Å². The first kappa shape index (κ1) is 14.9. The Labute approximate surface area is 122 Å². The van der Waals surface area contributed by atoms with Gasteiger partial charge in [-0.25, -0.2) is 4.79 Å². The molecule has 1 aromatic heterocycles. The van der Waals surface area contributed by atoms with Gasteiger partial charge in [-0.1, -0.05) is 6.92 Å². The van der Waals surface area contributed by atoms with Gasteiger partial charge in [-0.15, -0.1) is 0 Å². The second-order valence-electron chi connectivity index (χ2n) is 4.56. The molecule has 6 nitrogen and oxygen atoms in total. The summed E-state index contributed by atoms with van der Waals surface area (Å²) in [6.07, 6.45) is 0.844. The number of benzene rings is 1. The largest absolute Gasteiger partial charge is 0.497 e. The van der Waals surface area contributed by atoms with E-state index in [-0.39, 0.29) is 12.2 Å². The van der Waals surface area contributed by atoms with Crippen LogP contribution in [0.15, 0.2) is 24.3 Å². The van der Waals surface area contributed by atoms with Crippen molar-refractivity contribution in [3.8, 4) is 11.5 Å². The minimum Gasteiger partial charge on any atom is -0.497 e. The van der Waals surface area contributed by atoms with Gasteiger partial charge in [-0.2, -0.15) is 5.10 Å². The summed E-state index contributed by atoms with van der Waals surface area (Å²) < 4.78 is 12.4. The third-order valence-electron chi connectivity index (χ3n) is 3.18. The van der Waals surface area contributed by atoms with E-state index in [0.717, 1.165) is 17.8 Å². The first-order valence-corrected chi connectivity index (χ1v) is 6.61. The number of aromatic nitrogens is 2. The van der Waals surface area contributed by atoms with E-state index in [0.29, 0.717) is 11.5 Å². The van der Waals surface area contributed by atoms with E-state index >= 15 is 0 Å². The molecule has 0 aliphatic heterocycles. The Hall–Kier alpha value is -2.50. The fourth-order valence-corrected chi connectivity index (χ4v) is 1.96. The van der Waals surface area contributed by atoms with Gasteiger partial charge in [0, 0.05) is 7.05 Å². The molecule has 0 aliphatic carbocycles. The molecule has 0 bridgehead atoms. The monoisotopic (exact) mass is 290 g/mol. The lowest BCUT2D eigenvalue weighted by Crippen LogP contribution is -2.06. The Bertz CT molecular complexity index is 649. The van der Waals surface area contributed by atoms with Crippen molar-refractivity contribution in [2.45, 2.75) is 20.0 Å². The molecule has 2 rings (SSSR count). The SMILES string of the molecule is CCc1cc(COc2ccc(OC)cc2C(=O)O)n(C)n1. The number of aromatic carboxylic acids is 1.